The van der Waals surface area contributed by atoms with Crippen molar-refractivity contribution in [3.05, 3.63) is 70.7 Å². The third-order valence-corrected chi connectivity index (χ3v) is 5.55. The van der Waals surface area contributed by atoms with Gasteiger partial charge in [0.15, 0.2) is 0 Å². The van der Waals surface area contributed by atoms with Crippen LogP contribution in [0.1, 0.15) is 45.7 Å². The van der Waals surface area contributed by atoms with Crippen molar-refractivity contribution in [3.8, 4) is 0 Å². The maximum atomic E-state index is 12.1. The Morgan fingerprint density at radius 3 is 2.19 bits per heavy atom. The number of hydrogen-bond acceptors (Lipinski definition) is 3. The van der Waals surface area contributed by atoms with Gasteiger partial charge in [-0.2, -0.15) is 0 Å². The summed E-state index contributed by atoms with van der Waals surface area (Å²) in [6.45, 7) is 9.94. The number of hydrogen-bond donors (Lipinski definition) is 3. The van der Waals surface area contributed by atoms with Crippen molar-refractivity contribution in [2.75, 3.05) is 6.54 Å². The van der Waals surface area contributed by atoms with Gasteiger partial charge in [0.1, 0.15) is 0 Å². The maximum Gasteiger partial charge on any atom is 0.408 e. The molecule has 0 bridgehead atoms. The lowest BCUT2D eigenvalue weighted by Gasteiger charge is -2.42. The maximum absolute atomic E-state index is 12.1. The number of carbonyl (C=O) groups is 1. The quantitative estimate of drug-likeness (QED) is 0.506. The van der Waals surface area contributed by atoms with Crippen LogP contribution in [0.3, 0.4) is 0 Å². The first-order valence-corrected chi connectivity index (χ1v) is 11.0. The summed E-state index contributed by atoms with van der Waals surface area (Å²) in [5.41, 5.74) is 1.13. The number of carboxylic acid groups (broad SMARTS) is 1. The molecule has 2 rings (SSSR count). The summed E-state index contributed by atoms with van der Waals surface area (Å²) >= 11 is 6.11. The molecule has 0 radical (unpaired) electrons. The Hall–Kier alpha value is -2.08. The van der Waals surface area contributed by atoms with E-state index in [-0.39, 0.29) is 12.1 Å². The molecule has 2 aromatic rings. The summed E-state index contributed by atoms with van der Waals surface area (Å²) in [4.78, 5) is 13.5. The van der Waals surface area contributed by atoms with Crippen LogP contribution in [-0.2, 0) is 12.8 Å². The van der Waals surface area contributed by atoms with Crippen LogP contribution < -0.4 is 5.32 Å². The summed E-state index contributed by atoms with van der Waals surface area (Å²) in [6.07, 6.45) is -0.757. The third-order valence-electron chi connectivity index (χ3n) is 5.32. The Bertz CT molecular complexity index is 849. The molecule has 0 unspecified atom stereocenters. The first kappa shape index (κ1) is 25.2. The number of benzene rings is 2. The third kappa shape index (κ3) is 7.84. The molecule has 0 saturated heterocycles. The predicted octanol–water partition coefficient (Wildman–Crippen LogP) is 5.00. The lowest BCUT2D eigenvalue weighted by Crippen LogP contribution is -2.59. The highest BCUT2D eigenvalue weighted by molar-refractivity contribution is 6.30. The van der Waals surface area contributed by atoms with E-state index >= 15 is 0 Å². The number of nitrogens with zero attached hydrogens (tertiary/aromatic N) is 1. The number of aliphatic hydroxyl groups excluding tert-OH is 1. The lowest BCUT2D eigenvalue weighted by atomic mass is 9.92. The van der Waals surface area contributed by atoms with E-state index in [1.54, 1.807) is 0 Å². The Morgan fingerprint density at radius 2 is 1.65 bits per heavy atom. The highest BCUT2D eigenvalue weighted by atomic mass is 35.5. The zero-order chi connectivity index (χ0) is 23.2. The molecule has 0 aliphatic rings. The van der Waals surface area contributed by atoms with Crippen LogP contribution in [0.4, 0.5) is 4.79 Å². The summed E-state index contributed by atoms with van der Waals surface area (Å²) in [7, 11) is 0. The first-order valence-electron chi connectivity index (χ1n) is 10.6. The average Bonchev–Trinajstić information content (AvgIpc) is 2.65. The minimum atomic E-state index is -1.04. The van der Waals surface area contributed by atoms with Gasteiger partial charge in [0, 0.05) is 22.6 Å². The second-order valence-electron chi connectivity index (χ2n) is 9.72. The van der Waals surface area contributed by atoms with E-state index in [1.807, 2.05) is 75.4 Å². The molecule has 0 fully saturated rings. The monoisotopic (exact) mass is 446 g/mol. The molecule has 0 heterocycles. The van der Waals surface area contributed by atoms with Gasteiger partial charge in [0.2, 0.25) is 0 Å². The van der Waals surface area contributed by atoms with Crippen molar-refractivity contribution >= 4 is 17.7 Å². The van der Waals surface area contributed by atoms with E-state index in [4.69, 9.17) is 11.6 Å². The largest absolute Gasteiger partial charge is 0.465 e. The molecule has 2 aromatic carbocycles. The van der Waals surface area contributed by atoms with Gasteiger partial charge in [-0.15, -0.1) is 0 Å². The van der Waals surface area contributed by atoms with E-state index in [0.29, 0.717) is 11.4 Å². The summed E-state index contributed by atoms with van der Waals surface area (Å²) in [5.74, 6) is 0. The molecular formula is C25H35ClN2O3. The molecule has 170 valence electrons. The van der Waals surface area contributed by atoms with Crippen LogP contribution in [0.15, 0.2) is 54.6 Å². The van der Waals surface area contributed by atoms with Gasteiger partial charge in [0.05, 0.1) is 12.1 Å². The van der Waals surface area contributed by atoms with Crippen LogP contribution in [0.2, 0.25) is 5.02 Å². The number of amides is 1. The number of aliphatic hydroxyl groups is 1. The minimum Gasteiger partial charge on any atom is -0.465 e. The van der Waals surface area contributed by atoms with Crippen molar-refractivity contribution in [2.45, 2.75) is 70.7 Å². The van der Waals surface area contributed by atoms with Crippen molar-refractivity contribution in [3.63, 3.8) is 0 Å². The van der Waals surface area contributed by atoms with Crippen molar-refractivity contribution < 1.29 is 15.0 Å². The van der Waals surface area contributed by atoms with E-state index in [2.05, 4.69) is 19.2 Å². The zero-order valence-electron chi connectivity index (χ0n) is 19.1. The van der Waals surface area contributed by atoms with Crippen molar-refractivity contribution in [1.82, 2.24) is 10.2 Å². The van der Waals surface area contributed by atoms with Gasteiger partial charge in [-0.25, -0.2) is 4.79 Å². The highest BCUT2D eigenvalue weighted by Crippen LogP contribution is 2.23. The molecule has 5 nitrogen and oxygen atoms in total. The first-order chi connectivity index (χ1) is 14.4. The topological polar surface area (TPSA) is 72.8 Å². The summed E-state index contributed by atoms with van der Waals surface area (Å²) < 4.78 is 0. The van der Waals surface area contributed by atoms with Crippen LogP contribution in [-0.4, -0.2) is 51.0 Å². The Kier molecular flexibility index (Phi) is 8.52. The Morgan fingerprint density at radius 1 is 1.03 bits per heavy atom. The molecule has 0 aliphatic heterocycles. The minimum absolute atomic E-state index is 0.269. The van der Waals surface area contributed by atoms with Crippen LogP contribution in [0, 0.1) is 0 Å². The molecule has 0 saturated carbocycles. The summed E-state index contributed by atoms with van der Waals surface area (Å²) in [5, 5.41) is 25.2. The fourth-order valence-electron chi connectivity index (χ4n) is 3.92. The number of nitrogens with one attached hydrogen (secondary N) is 1. The molecule has 6 heteroatoms. The van der Waals surface area contributed by atoms with Crippen molar-refractivity contribution in [1.29, 1.82) is 0 Å². The molecule has 1 amide bonds. The predicted molar refractivity (Wildman–Crippen MR) is 127 cm³/mol. The van der Waals surface area contributed by atoms with Gasteiger partial charge < -0.3 is 15.5 Å². The van der Waals surface area contributed by atoms with Gasteiger partial charge in [0.25, 0.3) is 0 Å². The smallest absolute Gasteiger partial charge is 0.408 e. The number of halogens is 1. The molecule has 0 aromatic heterocycles. The van der Waals surface area contributed by atoms with Crippen molar-refractivity contribution in [2.24, 2.45) is 0 Å². The van der Waals surface area contributed by atoms with E-state index in [0.717, 1.165) is 17.5 Å². The fraction of sp³-hybridized carbons (Fsp3) is 0.480. The molecule has 3 N–H and O–H groups in total. The van der Waals surface area contributed by atoms with E-state index in [1.165, 1.54) is 4.90 Å². The molecule has 31 heavy (non-hydrogen) atoms. The second-order valence-corrected chi connectivity index (χ2v) is 10.2. The SMILES string of the molecule is CC(C)(Cc1cccc(Cl)c1)NC[C@@H](O)[C@H](Cc1ccccc1)N(C(=O)O)C(C)(C)C. The van der Waals surface area contributed by atoms with E-state index in [9.17, 15) is 15.0 Å². The van der Waals surface area contributed by atoms with Crippen LogP contribution >= 0.6 is 11.6 Å². The zero-order valence-corrected chi connectivity index (χ0v) is 19.9. The van der Waals surface area contributed by atoms with Gasteiger partial charge >= 0.3 is 6.09 Å². The Labute approximate surface area is 191 Å². The second kappa shape index (κ2) is 10.5. The van der Waals surface area contributed by atoms with Crippen LogP contribution in [0.5, 0.6) is 0 Å². The highest BCUT2D eigenvalue weighted by Gasteiger charge is 2.37. The number of rotatable bonds is 9. The molecule has 0 aliphatic carbocycles. The van der Waals surface area contributed by atoms with Gasteiger partial charge in [-0.05, 0) is 70.7 Å². The average molecular weight is 447 g/mol. The number of β-amino-alcohol motifs (C(OH)–C–C–N with tert-alkyl or cyclic N) is 1. The lowest BCUT2D eigenvalue weighted by molar-refractivity contribution is 0.00554. The summed E-state index contributed by atoms with van der Waals surface area (Å²) in [6, 6.07) is 16.8. The molecule has 0 spiro atoms. The molecule has 2 atom stereocenters. The molecular weight excluding hydrogens is 412 g/mol. The van der Waals surface area contributed by atoms with Gasteiger partial charge in [-0.1, -0.05) is 54.1 Å². The standard InChI is InChI=1S/C25H35ClN2O3/c1-24(2,3)28(23(30)31)21(15-18-10-7-6-8-11-18)22(29)17-27-25(4,5)16-19-12-9-13-20(26)14-19/h6-14,21-22,27,29H,15-17H2,1-5H3,(H,30,31)/t21-,22+/m0/s1. The normalized spacial score (nSPS) is 14.2. The van der Waals surface area contributed by atoms with Gasteiger partial charge in [-0.3, -0.25) is 4.90 Å². The Balaban J connectivity index is 2.17. The van der Waals surface area contributed by atoms with E-state index < -0.39 is 23.8 Å². The fourth-order valence-corrected chi connectivity index (χ4v) is 4.13. The van der Waals surface area contributed by atoms with Crippen LogP contribution in [0.25, 0.3) is 0 Å².